The third kappa shape index (κ3) is 2.39. The van der Waals surface area contributed by atoms with Gasteiger partial charge in [0.15, 0.2) is 0 Å². The van der Waals surface area contributed by atoms with Crippen molar-refractivity contribution in [1.82, 2.24) is 5.32 Å². The number of rotatable bonds is 3. The SMILES string of the molecule is COc1cc([C@@H]2C[C@H](C)CN2)c(OC)cc1C. The van der Waals surface area contributed by atoms with Crippen LogP contribution in [0.3, 0.4) is 0 Å². The fraction of sp³-hybridized carbons (Fsp3) is 0.571. The first kappa shape index (κ1) is 12.2. The molecule has 1 fully saturated rings. The summed E-state index contributed by atoms with van der Waals surface area (Å²) >= 11 is 0. The van der Waals surface area contributed by atoms with Crippen molar-refractivity contribution in [3.05, 3.63) is 23.3 Å². The lowest BCUT2D eigenvalue weighted by Gasteiger charge is -2.17. The Bertz CT molecular complexity index is 403. The molecule has 2 atom stereocenters. The zero-order valence-corrected chi connectivity index (χ0v) is 11.0. The van der Waals surface area contributed by atoms with E-state index >= 15 is 0 Å². The Morgan fingerprint density at radius 1 is 1.18 bits per heavy atom. The van der Waals surface area contributed by atoms with Crippen molar-refractivity contribution in [3.63, 3.8) is 0 Å². The monoisotopic (exact) mass is 235 g/mol. The fourth-order valence-corrected chi connectivity index (χ4v) is 2.50. The van der Waals surface area contributed by atoms with E-state index in [0.29, 0.717) is 6.04 Å². The van der Waals surface area contributed by atoms with Gasteiger partial charge in [-0.3, -0.25) is 0 Å². The molecule has 0 bridgehead atoms. The molecule has 2 rings (SSSR count). The third-order valence-corrected chi connectivity index (χ3v) is 3.47. The lowest BCUT2D eigenvalue weighted by atomic mass is 9.98. The Labute approximate surface area is 103 Å². The molecular formula is C14H21NO2. The molecule has 17 heavy (non-hydrogen) atoms. The normalized spacial score (nSPS) is 23.8. The molecule has 0 radical (unpaired) electrons. The first-order valence-corrected chi connectivity index (χ1v) is 6.11. The van der Waals surface area contributed by atoms with Crippen LogP contribution in [0.25, 0.3) is 0 Å². The van der Waals surface area contributed by atoms with Gasteiger partial charge in [-0.25, -0.2) is 0 Å². The van der Waals surface area contributed by atoms with E-state index in [9.17, 15) is 0 Å². The van der Waals surface area contributed by atoms with Crippen LogP contribution in [0.15, 0.2) is 12.1 Å². The molecule has 0 spiro atoms. The van der Waals surface area contributed by atoms with Gasteiger partial charge in [0.2, 0.25) is 0 Å². The van der Waals surface area contributed by atoms with Crippen LogP contribution in [0.5, 0.6) is 11.5 Å². The Morgan fingerprint density at radius 2 is 1.88 bits per heavy atom. The molecule has 1 heterocycles. The average Bonchev–Trinajstić information content (AvgIpc) is 2.75. The van der Waals surface area contributed by atoms with Gasteiger partial charge in [0.1, 0.15) is 11.5 Å². The summed E-state index contributed by atoms with van der Waals surface area (Å²) in [5, 5.41) is 3.53. The van der Waals surface area contributed by atoms with Crippen LogP contribution in [0.4, 0.5) is 0 Å². The van der Waals surface area contributed by atoms with Crippen LogP contribution < -0.4 is 14.8 Å². The molecule has 1 N–H and O–H groups in total. The largest absolute Gasteiger partial charge is 0.496 e. The van der Waals surface area contributed by atoms with Crippen molar-refractivity contribution in [2.24, 2.45) is 5.92 Å². The maximum atomic E-state index is 5.48. The topological polar surface area (TPSA) is 30.5 Å². The Morgan fingerprint density at radius 3 is 2.41 bits per heavy atom. The highest BCUT2D eigenvalue weighted by Gasteiger charge is 2.25. The van der Waals surface area contributed by atoms with Gasteiger partial charge in [0, 0.05) is 11.6 Å². The number of hydrogen-bond donors (Lipinski definition) is 1. The molecule has 3 nitrogen and oxygen atoms in total. The van der Waals surface area contributed by atoms with E-state index in [2.05, 4.69) is 24.4 Å². The van der Waals surface area contributed by atoms with E-state index < -0.39 is 0 Å². The highest BCUT2D eigenvalue weighted by molar-refractivity contribution is 5.47. The first-order chi connectivity index (χ1) is 8.15. The number of nitrogens with one attached hydrogen (secondary N) is 1. The molecule has 1 aliphatic rings. The van der Waals surface area contributed by atoms with Crippen LogP contribution in [0.1, 0.15) is 30.5 Å². The zero-order chi connectivity index (χ0) is 12.4. The second-order valence-electron chi connectivity index (χ2n) is 4.87. The summed E-state index contributed by atoms with van der Waals surface area (Å²) in [5.41, 5.74) is 2.32. The van der Waals surface area contributed by atoms with Crippen molar-refractivity contribution >= 4 is 0 Å². The van der Waals surface area contributed by atoms with Crippen LogP contribution in [-0.4, -0.2) is 20.8 Å². The van der Waals surface area contributed by atoms with Crippen LogP contribution in [-0.2, 0) is 0 Å². The maximum Gasteiger partial charge on any atom is 0.124 e. The Kier molecular flexibility index (Phi) is 3.57. The summed E-state index contributed by atoms with van der Waals surface area (Å²) in [7, 11) is 3.44. The van der Waals surface area contributed by atoms with Gasteiger partial charge in [0.05, 0.1) is 14.2 Å². The van der Waals surface area contributed by atoms with Crippen molar-refractivity contribution < 1.29 is 9.47 Å². The van der Waals surface area contributed by atoms with Gasteiger partial charge in [-0.15, -0.1) is 0 Å². The van der Waals surface area contributed by atoms with Crippen molar-refractivity contribution in [2.75, 3.05) is 20.8 Å². The quantitative estimate of drug-likeness (QED) is 0.873. The second kappa shape index (κ2) is 4.96. The molecule has 0 aromatic heterocycles. The lowest BCUT2D eigenvalue weighted by molar-refractivity contribution is 0.390. The molecule has 0 saturated carbocycles. The summed E-state index contributed by atoms with van der Waals surface area (Å²) in [6.45, 7) is 5.38. The summed E-state index contributed by atoms with van der Waals surface area (Å²) in [6.07, 6.45) is 1.16. The summed E-state index contributed by atoms with van der Waals surface area (Å²) in [6, 6.07) is 4.54. The Balaban J connectivity index is 2.37. The number of methoxy groups -OCH3 is 2. The van der Waals surface area contributed by atoms with E-state index in [1.54, 1.807) is 14.2 Å². The molecule has 3 heteroatoms. The lowest BCUT2D eigenvalue weighted by Crippen LogP contribution is -2.14. The predicted molar refractivity (Wildman–Crippen MR) is 68.8 cm³/mol. The third-order valence-electron chi connectivity index (χ3n) is 3.47. The van der Waals surface area contributed by atoms with Crippen LogP contribution in [0.2, 0.25) is 0 Å². The van der Waals surface area contributed by atoms with Gasteiger partial charge in [-0.1, -0.05) is 6.92 Å². The van der Waals surface area contributed by atoms with Crippen LogP contribution in [0, 0.1) is 12.8 Å². The van der Waals surface area contributed by atoms with E-state index in [4.69, 9.17) is 9.47 Å². The maximum absolute atomic E-state index is 5.48. The minimum absolute atomic E-state index is 0.384. The minimum Gasteiger partial charge on any atom is -0.496 e. The molecule has 1 aromatic rings. The number of ether oxygens (including phenoxy) is 2. The highest BCUT2D eigenvalue weighted by atomic mass is 16.5. The van der Waals surface area contributed by atoms with Crippen molar-refractivity contribution in [3.8, 4) is 11.5 Å². The van der Waals surface area contributed by atoms with E-state index in [1.807, 2.05) is 6.92 Å². The second-order valence-corrected chi connectivity index (χ2v) is 4.87. The highest BCUT2D eigenvalue weighted by Crippen LogP contribution is 2.36. The molecule has 0 aliphatic carbocycles. The fourth-order valence-electron chi connectivity index (χ4n) is 2.50. The van der Waals surface area contributed by atoms with E-state index in [1.165, 1.54) is 5.56 Å². The van der Waals surface area contributed by atoms with Gasteiger partial charge < -0.3 is 14.8 Å². The first-order valence-electron chi connectivity index (χ1n) is 6.11. The molecule has 1 saturated heterocycles. The molecule has 0 amide bonds. The number of benzene rings is 1. The number of aryl methyl sites for hydroxylation is 1. The zero-order valence-electron chi connectivity index (χ0n) is 11.0. The molecule has 94 valence electrons. The molecule has 0 unspecified atom stereocenters. The number of hydrogen-bond acceptors (Lipinski definition) is 3. The van der Waals surface area contributed by atoms with Crippen molar-refractivity contribution in [1.29, 1.82) is 0 Å². The minimum atomic E-state index is 0.384. The van der Waals surface area contributed by atoms with Gasteiger partial charge in [-0.05, 0) is 43.5 Å². The van der Waals surface area contributed by atoms with Crippen LogP contribution >= 0.6 is 0 Å². The van der Waals surface area contributed by atoms with E-state index in [0.717, 1.165) is 35.9 Å². The standard InChI is InChI=1S/C14H21NO2/c1-9-5-12(15-8-9)11-7-13(16-3)10(2)6-14(11)17-4/h6-7,9,12,15H,5,8H2,1-4H3/t9-,12-/m0/s1. The summed E-state index contributed by atoms with van der Waals surface area (Å²) < 4.78 is 10.9. The van der Waals surface area contributed by atoms with Gasteiger partial charge in [-0.2, -0.15) is 0 Å². The average molecular weight is 235 g/mol. The smallest absolute Gasteiger partial charge is 0.124 e. The van der Waals surface area contributed by atoms with Crippen molar-refractivity contribution in [2.45, 2.75) is 26.3 Å². The summed E-state index contributed by atoms with van der Waals surface area (Å²) in [4.78, 5) is 0. The van der Waals surface area contributed by atoms with Gasteiger partial charge in [0.25, 0.3) is 0 Å². The molecular weight excluding hydrogens is 214 g/mol. The predicted octanol–water partition coefficient (Wildman–Crippen LogP) is 2.68. The van der Waals surface area contributed by atoms with E-state index in [-0.39, 0.29) is 0 Å². The van der Waals surface area contributed by atoms with Gasteiger partial charge >= 0.3 is 0 Å². The molecule has 1 aliphatic heterocycles. The molecule has 1 aromatic carbocycles. The Hall–Kier alpha value is -1.22. The summed E-state index contributed by atoms with van der Waals surface area (Å²) in [5.74, 6) is 2.61.